The fraction of sp³-hybridized carbons (Fsp3) is 0.104. The van der Waals surface area contributed by atoms with Crippen molar-refractivity contribution in [2.24, 2.45) is 0 Å². The topological polar surface area (TPSA) is 29.3 Å². The Morgan fingerprint density at radius 1 is 0.647 bits per heavy atom. The lowest BCUT2D eigenvalue weighted by atomic mass is 9.81. The normalized spacial score (nSPS) is 18.2. The van der Waals surface area contributed by atoms with Crippen molar-refractivity contribution in [3.8, 4) is 22.4 Å². The first-order chi connectivity index (χ1) is 25.0. The van der Waals surface area contributed by atoms with Crippen LogP contribution in [0.15, 0.2) is 162 Å². The van der Waals surface area contributed by atoms with Gasteiger partial charge in [0.2, 0.25) is 0 Å². The van der Waals surface area contributed by atoms with Crippen LogP contribution < -0.4 is 4.90 Å². The number of benzene rings is 6. The molecule has 51 heavy (non-hydrogen) atoms. The molecule has 2 atom stereocenters. The van der Waals surface area contributed by atoms with E-state index >= 15 is 0 Å². The lowest BCUT2D eigenvalue weighted by molar-refractivity contribution is 0.659. The Morgan fingerprint density at radius 2 is 1.41 bits per heavy atom. The summed E-state index contributed by atoms with van der Waals surface area (Å²) >= 11 is 0. The fourth-order valence-corrected chi connectivity index (χ4v) is 9.15. The number of allylic oxidation sites excluding steroid dienone is 2. The van der Waals surface area contributed by atoms with Crippen LogP contribution in [0.4, 0.5) is 11.4 Å². The Bertz CT molecular complexity index is 2800. The number of anilines is 2. The van der Waals surface area contributed by atoms with E-state index < -0.39 is 0 Å². The second-order valence-electron chi connectivity index (χ2n) is 14.7. The van der Waals surface area contributed by atoms with Gasteiger partial charge in [-0.15, -0.1) is 0 Å². The lowest BCUT2D eigenvalue weighted by Crippen LogP contribution is -2.29. The molecule has 0 fully saturated rings. The van der Waals surface area contributed by atoms with E-state index in [4.69, 9.17) is 4.42 Å². The molecular weight excluding hydrogens is 621 g/mol. The van der Waals surface area contributed by atoms with Crippen molar-refractivity contribution >= 4 is 49.7 Å². The molecule has 242 valence electrons. The van der Waals surface area contributed by atoms with Crippen LogP contribution in [0.25, 0.3) is 60.7 Å². The molecule has 6 aromatic carbocycles. The SMILES string of the molecule is CC1(C)c2cc(-c3ccccn3)ccc2-c2ccc(N3c4ccc5ccccc5c4C4C=C(c5ccc6oc7ccccc7c6c5)C=CC43)cc21. The maximum absolute atomic E-state index is 6.17. The number of hydrogen-bond acceptors (Lipinski definition) is 3. The minimum absolute atomic E-state index is 0.151. The van der Waals surface area contributed by atoms with E-state index in [2.05, 4.69) is 157 Å². The largest absolute Gasteiger partial charge is 0.456 e. The Morgan fingerprint density at radius 3 is 2.29 bits per heavy atom. The fourth-order valence-electron chi connectivity index (χ4n) is 9.15. The zero-order valence-electron chi connectivity index (χ0n) is 28.5. The van der Waals surface area contributed by atoms with Crippen LogP contribution in [0.5, 0.6) is 0 Å². The molecule has 0 N–H and O–H groups in total. The van der Waals surface area contributed by atoms with Gasteiger partial charge in [-0.1, -0.05) is 111 Å². The average molecular weight is 655 g/mol. The second kappa shape index (κ2) is 10.4. The highest BCUT2D eigenvalue weighted by molar-refractivity contribution is 6.06. The van der Waals surface area contributed by atoms with Crippen LogP contribution in [0.2, 0.25) is 0 Å². The molecular formula is C48H34N2O. The number of hydrogen-bond donors (Lipinski definition) is 0. The maximum atomic E-state index is 6.17. The van der Waals surface area contributed by atoms with Crippen molar-refractivity contribution in [1.82, 2.24) is 4.98 Å². The summed E-state index contributed by atoms with van der Waals surface area (Å²) in [7, 11) is 0. The summed E-state index contributed by atoms with van der Waals surface area (Å²) in [4.78, 5) is 7.23. The third-order valence-corrected chi connectivity index (χ3v) is 11.6. The predicted molar refractivity (Wildman–Crippen MR) is 211 cm³/mol. The quantitative estimate of drug-likeness (QED) is 0.190. The summed E-state index contributed by atoms with van der Waals surface area (Å²) < 4.78 is 6.17. The Labute approximate surface area is 296 Å². The first-order valence-corrected chi connectivity index (χ1v) is 17.9. The number of aromatic nitrogens is 1. The summed E-state index contributed by atoms with van der Waals surface area (Å²) in [6, 6.07) is 48.7. The van der Waals surface area contributed by atoms with Gasteiger partial charge in [0.15, 0.2) is 0 Å². The highest BCUT2D eigenvalue weighted by Crippen LogP contribution is 2.55. The molecule has 3 aliphatic rings. The first-order valence-electron chi connectivity index (χ1n) is 17.9. The Balaban J connectivity index is 1.03. The van der Waals surface area contributed by atoms with Crippen molar-refractivity contribution in [2.75, 3.05) is 4.90 Å². The van der Waals surface area contributed by atoms with Crippen LogP contribution in [0.3, 0.4) is 0 Å². The van der Waals surface area contributed by atoms with Crippen molar-refractivity contribution in [3.05, 3.63) is 180 Å². The molecule has 0 spiro atoms. The van der Waals surface area contributed by atoms with Crippen LogP contribution in [0.1, 0.15) is 42.0 Å². The molecule has 2 unspecified atom stereocenters. The minimum Gasteiger partial charge on any atom is -0.456 e. The van der Waals surface area contributed by atoms with E-state index in [9.17, 15) is 0 Å². The van der Waals surface area contributed by atoms with Gasteiger partial charge in [-0.2, -0.15) is 0 Å². The number of fused-ring (bicyclic) bond motifs is 11. The van der Waals surface area contributed by atoms with Crippen molar-refractivity contribution in [3.63, 3.8) is 0 Å². The van der Waals surface area contributed by atoms with E-state index in [-0.39, 0.29) is 17.4 Å². The van der Waals surface area contributed by atoms with E-state index in [1.807, 2.05) is 24.4 Å². The molecule has 8 aromatic rings. The smallest absolute Gasteiger partial charge is 0.135 e. The Hall–Kier alpha value is -6.19. The van der Waals surface area contributed by atoms with Gasteiger partial charge in [0.25, 0.3) is 0 Å². The lowest BCUT2D eigenvalue weighted by Gasteiger charge is -2.31. The number of nitrogens with zero attached hydrogens (tertiary/aromatic N) is 2. The number of furan rings is 1. The minimum atomic E-state index is -0.151. The first kappa shape index (κ1) is 28.6. The summed E-state index contributed by atoms with van der Waals surface area (Å²) in [6.07, 6.45) is 9.14. The number of para-hydroxylation sites is 1. The van der Waals surface area contributed by atoms with Gasteiger partial charge in [-0.3, -0.25) is 4.98 Å². The molecule has 2 aliphatic carbocycles. The van der Waals surface area contributed by atoms with Gasteiger partial charge in [-0.25, -0.2) is 0 Å². The molecule has 0 amide bonds. The summed E-state index contributed by atoms with van der Waals surface area (Å²) in [5.74, 6) is 0.197. The monoisotopic (exact) mass is 654 g/mol. The summed E-state index contributed by atoms with van der Waals surface area (Å²) in [5.41, 5.74) is 15.6. The highest BCUT2D eigenvalue weighted by Gasteiger charge is 2.41. The van der Waals surface area contributed by atoms with Gasteiger partial charge in [-0.05, 0) is 104 Å². The number of pyridine rings is 1. The zero-order chi connectivity index (χ0) is 33.8. The van der Waals surface area contributed by atoms with Crippen LogP contribution in [-0.4, -0.2) is 11.0 Å². The van der Waals surface area contributed by atoms with Gasteiger partial charge in [0.05, 0.1) is 11.7 Å². The molecule has 3 heteroatoms. The molecule has 3 nitrogen and oxygen atoms in total. The van der Waals surface area contributed by atoms with Gasteiger partial charge in [0, 0.05) is 45.2 Å². The molecule has 0 saturated carbocycles. The molecule has 0 saturated heterocycles. The zero-order valence-corrected chi connectivity index (χ0v) is 28.5. The molecule has 3 heterocycles. The molecule has 2 aromatic heterocycles. The van der Waals surface area contributed by atoms with E-state index in [0.717, 1.165) is 33.2 Å². The predicted octanol–water partition coefficient (Wildman–Crippen LogP) is 12.4. The summed E-state index contributed by atoms with van der Waals surface area (Å²) in [5, 5.41) is 4.92. The molecule has 1 aliphatic heterocycles. The standard InChI is InChI=1S/C48H34N2O/c1-48(2)40-27-32(42-12-7-8-24-49-42)14-19-35(40)36-20-18-33(28-41(36)48)50-43-21-16-30(26-39(43)47-34-10-4-3-9-29(34)15-22-44(47)50)31-17-23-46-38(25-31)37-11-5-6-13-45(37)51-46/h3-28,39,43H,1-2H3. The van der Waals surface area contributed by atoms with Gasteiger partial charge in [0.1, 0.15) is 11.2 Å². The van der Waals surface area contributed by atoms with Crippen LogP contribution in [-0.2, 0) is 5.41 Å². The van der Waals surface area contributed by atoms with Crippen LogP contribution >= 0.6 is 0 Å². The van der Waals surface area contributed by atoms with Crippen molar-refractivity contribution < 1.29 is 4.42 Å². The van der Waals surface area contributed by atoms with E-state index in [0.29, 0.717) is 0 Å². The van der Waals surface area contributed by atoms with Crippen LogP contribution in [0, 0.1) is 0 Å². The Kier molecular flexibility index (Phi) is 5.85. The van der Waals surface area contributed by atoms with Gasteiger partial charge < -0.3 is 9.32 Å². The third kappa shape index (κ3) is 4.09. The van der Waals surface area contributed by atoms with E-state index in [1.165, 1.54) is 61.1 Å². The third-order valence-electron chi connectivity index (χ3n) is 11.6. The maximum Gasteiger partial charge on any atom is 0.135 e. The average Bonchev–Trinajstić information content (AvgIpc) is 3.80. The van der Waals surface area contributed by atoms with Crippen molar-refractivity contribution in [1.29, 1.82) is 0 Å². The molecule has 0 bridgehead atoms. The summed E-state index contributed by atoms with van der Waals surface area (Å²) in [6.45, 7) is 4.74. The van der Waals surface area contributed by atoms with E-state index in [1.54, 1.807) is 0 Å². The number of rotatable bonds is 3. The van der Waals surface area contributed by atoms with Gasteiger partial charge >= 0.3 is 0 Å². The molecule has 11 rings (SSSR count). The second-order valence-corrected chi connectivity index (χ2v) is 14.7. The molecule has 0 radical (unpaired) electrons. The van der Waals surface area contributed by atoms with Crippen molar-refractivity contribution in [2.45, 2.75) is 31.2 Å². The highest BCUT2D eigenvalue weighted by atomic mass is 16.3.